The molecule has 0 radical (unpaired) electrons. The molecule has 1 aromatic heterocycles. The molecular weight excluding hydrogens is 332 g/mol. The van der Waals surface area contributed by atoms with Gasteiger partial charge in [-0.3, -0.25) is 0 Å². The summed E-state index contributed by atoms with van der Waals surface area (Å²) in [5.41, 5.74) is 4.26. The lowest BCUT2D eigenvalue weighted by Gasteiger charge is -2.19. The number of benzene rings is 2. The van der Waals surface area contributed by atoms with Crippen molar-refractivity contribution in [2.24, 2.45) is 0 Å². The summed E-state index contributed by atoms with van der Waals surface area (Å²) in [7, 11) is 1.55. The van der Waals surface area contributed by atoms with E-state index in [2.05, 4.69) is 16.0 Å². The van der Waals surface area contributed by atoms with Crippen molar-refractivity contribution in [2.45, 2.75) is 12.6 Å². The van der Waals surface area contributed by atoms with Gasteiger partial charge in [-0.15, -0.1) is 0 Å². The van der Waals surface area contributed by atoms with Crippen molar-refractivity contribution < 1.29 is 19.3 Å². The zero-order chi connectivity index (χ0) is 17.7. The number of methoxy groups -OCH3 is 1. The SMILES string of the molecule is COc1ccc(C2NCc3cc4c(cc3-n3cccc32)OCO4)cc1O. The largest absolute Gasteiger partial charge is 0.504 e. The third-order valence-electron chi connectivity index (χ3n) is 4.94. The number of phenolic OH excluding ortho intramolecular Hbond substituents is 1. The minimum Gasteiger partial charge on any atom is -0.504 e. The minimum atomic E-state index is -0.0640. The first-order chi connectivity index (χ1) is 12.7. The Morgan fingerprint density at radius 3 is 2.81 bits per heavy atom. The maximum Gasteiger partial charge on any atom is 0.231 e. The summed E-state index contributed by atoms with van der Waals surface area (Å²) in [5, 5.41) is 13.8. The molecule has 0 amide bonds. The quantitative estimate of drug-likeness (QED) is 0.743. The first-order valence-corrected chi connectivity index (χ1v) is 8.45. The molecule has 6 heteroatoms. The van der Waals surface area contributed by atoms with Gasteiger partial charge in [-0.25, -0.2) is 0 Å². The van der Waals surface area contributed by atoms with Crippen LogP contribution in [0, 0.1) is 0 Å². The van der Waals surface area contributed by atoms with Gasteiger partial charge >= 0.3 is 0 Å². The lowest BCUT2D eigenvalue weighted by atomic mass is 10.0. The van der Waals surface area contributed by atoms with E-state index in [4.69, 9.17) is 14.2 Å². The average Bonchev–Trinajstić information content (AvgIpc) is 3.27. The number of hydrogen-bond donors (Lipinski definition) is 2. The van der Waals surface area contributed by atoms with Crippen LogP contribution < -0.4 is 19.5 Å². The molecule has 132 valence electrons. The van der Waals surface area contributed by atoms with Crippen LogP contribution in [0.4, 0.5) is 0 Å². The van der Waals surface area contributed by atoms with E-state index in [-0.39, 0.29) is 18.6 Å². The van der Waals surface area contributed by atoms with Gasteiger partial charge < -0.3 is 29.2 Å². The fraction of sp³-hybridized carbons (Fsp3) is 0.200. The normalized spacial score (nSPS) is 17.3. The van der Waals surface area contributed by atoms with Crippen molar-refractivity contribution in [3.05, 3.63) is 65.5 Å². The van der Waals surface area contributed by atoms with Crippen LogP contribution in [0.25, 0.3) is 5.69 Å². The summed E-state index contributed by atoms with van der Waals surface area (Å²) in [6.45, 7) is 0.934. The molecule has 0 saturated carbocycles. The highest BCUT2D eigenvalue weighted by Gasteiger charge is 2.26. The molecule has 0 aliphatic carbocycles. The van der Waals surface area contributed by atoms with Crippen molar-refractivity contribution in [2.75, 3.05) is 13.9 Å². The summed E-state index contributed by atoms with van der Waals surface area (Å²) in [6, 6.07) is 13.6. The van der Waals surface area contributed by atoms with Crippen LogP contribution in [0.5, 0.6) is 23.0 Å². The van der Waals surface area contributed by atoms with E-state index in [1.165, 1.54) is 0 Å². The van der Waals surface area contributed by atoms with E-state index in [0.29, 0.717) is 12.3 Å². The molecule has 3 heterocycles. The van der Waals surface area contributed by atoms with Gasteiger partial charge in [-0.1, -0.05) is 6.07 Å². The fourth-order valence-corrected chi connectivity index (χ4v) is 3.68. The summed E-state index contributed by atoms with van der Waals surface area (Å²) in [6.07, 6.45) is 2.04. The maximum absolute atomic E-state index is 10.2. The van der Waals surface area contributed by atoms with Gasteiger partial charge in [0, 0.05) is 24.5 Å². The highest BCUT2D eigenvalue weighted by atomic mass is 16.7. The van der Waals surface area contributed by atoms with Gasteiger partial charge in [0.2, 0.25) is 6.79 Å². The third-order valence-corrected chi connectivity index (χ3v) is 4.94. The molecule has 5 rings (SSSR count). The second-order valence-corrected chi connectivity index (χ2v) is 6.38. The molecule has 0 bridgehead atoms. The van der Waals surface area contributed by atoms with Gasteiger partial charge in [0.1, 0.15) is 0 Å². The van der Waals surface area contributed by atoms with Crippen LogP contribution in [0.3, 0.4) is 0 Å². The molecule has 2 aliphatic rings. The third kappa shape index (κ3) is 2.23. The number of fused-ring (bicyclic) bond motifs is 4. The monoisotopic (exact) mass is 350 g/mol. The maximum atomic E-state index is 10.2. The highest BCUT2D eigenvalue weighted by Crippen LogP contribution is 2.40. The lowest BCUT2D eigenvalue weighted by Crippen LogP contribution is -2.21. The second-order valence-electron chi connectivity index (χ2n) is 6.38. The van der Waals surface area contributed by atoms with Gasteiger partial charge in [0.25, 0.3) is 0 Å². The van der Waals surface area contributed by atoms with Crippen LogP contribution in [-0.4, -0.2) is 23.6 Å². The van der Waals surface area contributed by atoms with Gasteiger partial charge in [-0.05, 0) is 41.5 Å². The molecule has 0 spiro atoms. The Labute approximate surface area is 150 Å². The first-order valence-electron chi connectivity index (χ1n) is 8.45. The Balaban J connectivity index is 1.62. The number of phenols is 1. The number of aromatic hydroxyl groups is 1. The predicted octanol–water partition coefficient (Wildman–Crippen LogP) is 3.11. The van der Waals surface area contributed by atoms with E-state index in [0.717, 1.165) is 34.0 Å². The van der Waals surface area contributed by atoms with Crippen molar-refractivity contribution in [3.63, 3.8) is 0 Å². The van der Waals surface area contributed by atoms with Gasteiger partial charge in [0.15, 0.2) is 23.0 Å². The molecule has 1 unspecified atom stereocenters. The smallest absolute Gasteiger partial charge is 0.231 e. The Bertz CT molecular complexity index is 995. The fourth-order valence-electron chi connectivity index (χ4n) is 3.68. The molecule has 3 aromatic rings. The predicted molar refractivity (Wildman–Crippen MR) is 95.2 cm³/mol. The molecule has 0 fully saturated rings. The van der Waals surface area contributed by atoms with Crippen molar-refractivity contribution >= 4 is 0 Å². The average molecular weight is 350 g/mol. The molecule has 2 aromatic carbocycles. The lowest BCUT2D eigenvalue weighted by molar-refractivity contribution is 0.174. The molecule has 26 heavy (non-hydrogen) atoms. The summed E-state index contributed by atoms with van der Waals surface area (Å²) in [5.74, 6) is 2.14. The molecule has 2 N–H and O–H groups in total. The standard InChI is InChI=1S/C20H18N2O4/c1-24-17-5-4-12(7-16(17)23)20-14-3-2-6-22(14)15-9-19-18(25-11-26-19)8-13(15)10-21-20/h2-9,20-21,23H,10-11H2,1H3. The Kier molecular flexibility index (Phi) is 3.33. The summed E-state index contributed by atoms with van der Waals surface area (Å²) in [4.78, 5) is 0. The van der Waals surface area contributed by atoms with Crippen molar-refractivity contribution in [1.82, 2.24) is 9.88 Å². The molecule has 2 aliphatic heterocycles. The first kappa shape index (κ1) is 15.2. The van der Waals surface area contributed by atoms with Crippen LogP contribution in [0.1, 0.15) is 22.9 Å². The number of aromatic nitrogens is 1. The number of nitrogens with zero attached hydrogens (tertiary/aromatic N) is 1. The Morgan fingerprint density at radius 2 is 2.00 bits per heavy atom. The van der Waals surface area contributed by atoms with E-state index < -0.39 is 0 Å². The number of nitrogens with one attached hydrogen (secondary N) is 1. The van der Waals surface area contributed by atoms with E-state index in [1.807, 2.05) is 30.5 Å². The zero-order valence-corrected chi connectivity index (χ0v) is 14.2. The molecule has 0 saturated heterocycles. The highest BCUT2D eigenvalue weighted by molar-refractivity contribution is 5.57. The Hall–Kier alpha value is -3.12. The van der Waals surface area contributed by atoms with Crippen LogP contribution in [0.2, 0.25) is 0 Å². The molecular formula is C20H18N2O4. The van der Waals surface area contributed by atoms with Crippen molar-refractivity contribution in [1.29, 1.82) is 0 Å². The number of rotatable bonds is 2. The number of hydrogen-bond acceptors (Lipinski definition) is 5. The van der Waals surface area contributed by atoms with Crippen LogP contribution >= 0.6 is 0 Å². The van der Waals surface area contributed by atoms with Gasteiger partial charge in [0.05, 0.1) is 18.8 Å². The topological polar surface area (TPSA) is 64.9 Å². The van der Waals surface area contributed by atoms with E-state index in [1.54, 1.807) is 19.2 Å². The summed E-state index contributed by atoms with van der Waals surface area (Å²) < 4.78 is 18.4. The van der Waals surface area contributed by atoms with E-state index in [9.17, 15) is 5.11 Å². The van der Waals surface area contributed by atoms with Crippen LogP contribution in [-0.2, 0) is 6.54 Å². The van der Waals surface area contributed by atoms with Gasteiger partial charge in [-0.2, -0.15) is 0 Å². The second kappa shape index (κ2) is 5.71. The molecule has 6 nitrogen and oxygen atoms in total. The van der Waals surface area contributed by atoms with Crippen molar-refractivity contribution in [3.8, 4) is 28.7 Å². The Morgan fingerprint density at radius 1 is 1.15 bits per heavy atom. The minimum absolute atomic E-state index is 0.0640. The zero-order valence-electron chi connectivity index (χ0n) is 14.2. The number of ether oxygens (including phenoxy) is 3. The molecule has 1 atom stereocenters. The van der Waals surface area contributed by atoms with E-state index >= 15 is 0 Å². The summed E-state index contributed by atoms with van der Waals surface area (Å²) >= 11 is 0. The van der Waals surface area contributed by atoms with Crippen LogP contribution in [0.15, 0.2) is 48.7 Å².